The summed E-state index contributed by atoms with van der Waals surface area (Å²) in [6, 6.07) is 1.07. The summed E-state index contributed by atoms with van der Waals surface area (Å²) >= 11 is 0. The van der Waals surface area contributed by atoms with Gasteiger partial charge < -0.3 is 21.7 Å². The number of anilines is 2. The van der Waals surface area contributed by atoms with E-state index in [0.29, 0.717) is 6.54 Å². The van der Waals surface area contributed by atoms with Crippen molar-refractivity contribution in [1.29, 1.82) is 0 Å². The zero-order valence-corrected chi connectivity index (χ0v) is 18.1. The number of carbonyl (C=O) groups excluding carboxylic acids is 1. The second-order valence-electron chi connectivity index (χ2n) is 8.01. The summed E-state index contributed by atoms with van der Waals surface area (Å²) in [6.45, 7) is 0.295. The highest BCUT2D eigenvalue weighted by molar-refractivity contribution is 5.75. The number of alkyl halides is 3. The highest BCUT2D eigenvalue weighted by Crippen LogP contribution is 2.32. The Morgan fingerprint density at radius 3 is 2.59 bits per heavy atom. The average molecular weight is 482 g/mol. The van der Waals surface area contributed by atoms with Crippen molar-refractivity contribution < 1.29 is 22.9 Å². The van der Waals surface area contributed by atoms with E-state index in [1.54, 1.807) is 0 Å². The molecular formula is C20H25F3N8O3. The second kappa shape index (κ2) is 11.0. The van der Waals surface area contributed by atoms with Crippen molar-refractivity contribution in [2.45, 2.75) is 44.4 Å². The molecule has 0 bridgehead atoms. The van der Waals surface area contributed by atoms with Crippen molar-refractivity contribution in [3.63, 3.8) is 0 Å². The van der Waals surface area contributed by atoms with Gasteiger partial charge in [0.2, 0.25) is 17.7 Å². The van der Waals surface area contributed by atoms with E-state index >= 15 is 0 Å². The number of amides is 1. The quantitative estimate of drug-likeness (QED) is 0.294. The molecule has 2 heterocycles. The number of nitrogens with one attached hydrogen (secondary N) is 3. The standard InChI is InChI=1S/C20H25F3N8O3/c21-20(22,23)15-5-6-25-8-13(15)9-28-19-29-10-16(31(33)34)18(30-19)27-7-12-1-3-14(4-2-12)26-11-17(24)32/h5-6,8,10,12,14,26H,1-4,7,9,11H2,(H2,24,32)(H2,27,28,29,30)/t12-,14-. The number of halogens is 3. The molecule has 2 aromatic rings. The van der Waals surface area contributed by atoms with Gasteiger partial charge in [0.05, 0.1) is 17.0 Å². The predicted molar refractivity (Wildman–Crippen MR) is 117 cm³/mol. The second-order valence-corrected chi connectivity index (χ2v) is 8.01. The molecule has 1 fully saturated rings. The lowest BCUT2D eigenvalue weighted by atomic mass is 9.86. The lowest BCUT2D eigenvalue weighted by Gasteiger charge is -2.29. The van der Waals surface area contributed by atoms with Gasteiger partial charge in [-0.25, -0.2) is 4.98 Å². The topological polar surface area (TPSA) is 161 Å². The van der Waals surface area contributed by atoms with E-state index in [0.717, 1.165) is 50.3 Å². The summed E-state index contributed by atoms with van der Waals surface area (Å²) in [5, 5.41) is 20.1. The van der Waals surface area contributed by atoms with Crippen LogP contribution in [0, 0.1) is 16.0 Å². The van der Waals surface area contributed by atoms with Crippen LogP contribution >= 0.6 is 0 Å². The van der Waals surface area contributed by atoms with Crippen LogP contribution in [0.4, 0.5) is 30.6 Å². The summed E-state index contributed by atoms with van der Waals surface area (Å²) in [7, 11) is 0. The van der Waals surface area contributed by atoms with Gasteiger partial charge >= 0.3 is 11.9 Å². The van der Waals surface area contributed by atoms with E-state index in [9.17, 15) is 28.1 Å². The monoisotopic (exact) mass is 482 g/mol. The third-order valence-corrected chi connectivity index (χ3v) is 5.58. The number of hydrogen-bond acceptors (Lipinski definition) is 9. The number of aromatic nitrogens is 3. The van der Waals surface area contributed by atoms with E-state index < -0.39 is 22.6 Å². The molecule has 0 unspecified atom stereocenters. The van der Waals surface area contributed by atoms with Crippen molar-refractivity contribution in [1.82, 2.24) is 20.3 Å². The first-order valence-corrected chi connectivity index (χ1v) is 10.6. The number of carbonyl (C=O) groups is 1. The van der Waals surface area contributed by atoms with Gasteiger partial charge in [-0.3, -0.25) is 19.9 Å². The first-order valence-electron chi connectivity index (χ1n) is 10.6. The number of hydrogen-bond donors (Lipinski definition) is 4. The molecular weight excluding hydrogens is 457 g/mol. The molecule has 34 heavy (non-hydrogen) atoms. The Kier molecular flexibility index (Phi) is 8.15. The maximum absolute atomic E-state index is 13.2. The Hall–Kier alpha value is -3.55. The smallest absolute Gasteiger partial charge is 0.369 e. The van der Waals surface area contributed by atoms with Crippen molar-refractivity contribution in [3.8, 4) is 0 Å². The van der Waals surface area contributed by atoms with E-state index in [4.69, 9.17) is 5.73 Å². The van der Waals surface area contributed by atoms with Crippen LogP contribution < -0.4 is 21.7 Å². The molecule has 0 radical (unpaired) electrons. The van der Waals surface area contributed by atoms with Gasteiger partial charge in [-0.05, 0) is 37.7 Å². The molecule has 0 spiro atoms. The SMILES string of the molecule is NC(=O)CN[C@H]1CC[C@H](CNc2nc(NCc3cnccc3C(F)(F)F)ncc2[N+](=O)[O-])CC1. The van der Waals surface area contributed by atoms with Crippen LogP contribution in [0.15, 0.2) is 24.7 Å². The molecule has 14 heteroatoms. The van der Waals surface area contributed by atoms with Gasteiger partial charge in [0.25, 0.3) is 0 Å². The van der Waals surface area contributed by atoms with Crippen LogP contribution in [0.3, 0.4) is 0 Å². The van der Waals surface area contributed by atoms with E-state index in [1.807, 2.05) is 0 Å². The maximum Gasteiger partial charge on any atom is 0.416 e. The predicted octanol–water partition coefficient (Wildman–Crippen LogP) is 2.46. The number of nitrogens with zero attached hydrogens (tertiary/aromatic N) is 4. The van der Waals surface area contributed by atoms with Crippen LogP contribution in [0.1, 0.15) is 36.8 Å². The molecule has 0 atom stereocenters. The average Bonchev–Trinajstić information content (AvgIpc) is 2.80. The summed E-state index contributed by atoms with van der Waals surface area (Å²) in [5.41, 5.74) is 3.87. The molecule has 3 rings (SSSR count). The zero-order chi connectivity index (χ0) is 24.7. The first kappa shape index (κ1) is 25.1. The van der Waals surface area contributed by atoms with Gasteiger partial charge in [-0.15, -0.1) is 0 Å². The lowest BCUT2D eigenvalue weighted by molar-refractivity contribution is -0.384. The zero-order valence-electron chi connectivity index (χ0n) is 18.1. The number of pyridine rings is 1. The van der Waals surface area contributed by atoms with Crippen LogP contribution in [0.5, 0.6) is 0 Å². The molecule has 1 amide bonds. The maximum atomic E-state index is 13.2. The minimum atomic E-state index is -4.54. The Labute approximate surface area is 192 Å². The molecule has 11 nitrogen and oxygen atoms in total. The number of primary amides is 1. The van der Waals surface area contributed by atoms with Crippen molar-refractivity contribution in [3.05, 3.63) is 45.9 Å². The Bertz CT molecular complexity index is 1010. The molecule has 184 valence electrons. The summed E-state index contributed by atoms with van der Waals surface area (Å²) in [6.07, 6.45) is 1.97. The molecule has 1 aliphatic carbocycles. The van der Waals surface area contributed by atoms with Crippen LogP contribution in [-0.2, 0) is 17.5 Å². The number of nitro groups is 1. The van der Waals surface area contributed by atoms with Gasteiger partial charge in [-0.2, -0.15) is 18.2 Å². The Morgan fingerprint density at radius 1 is 1.21 bits per heavy atom. The van der Waals surface area contributed by atoms with Crippen molar-refractivity contribution in [2.75, 3.05) is 23.7 Å². The van der Waals surface area contributed by atoms with E-state index in [-0.39, 0.29) is 48.1 Å². The Morgan fingerprint density at radius 2 is 1.94 bits per heavy atom. The normalized spacial score (nSPS) is 18.3. The van der Waals surface area contributed by atoms with Gasteiger partial charge in [-0.1, -0.05) is 0 Å². The fourth-order valence-corrected chi connectivity index (χ4v) is 3.80. The van der Waals surface area contributed by atoms with Crippen LogP contribution in [0.2, 0.25) is 0 Å². The van der Waals surface area contributed by atoms with E-state index in [1.165, 1.54) is 0 Å². The minimum Gasteiger partial charge on any atom is -0.369 e. The summed E-state index contributed by atoms with van der Waals surface area (Å²) in [5.74, 6) is -0.243. The van der Waals surface area contributed by atoms with Gasteiger partial charge in [0.1, 0.15) is 6.20 Å². The van der Waals surface area contributed by atoms with Crippen LogP contribution in [0.25, 0.3) is 0 Å². The van der Waals surface area contributed by atoms with E-state index in [2.05, 4.69) is 30.9 Å². The number of rotatable bonds is 10. The summed E-state index contributed by atoms with van der Waals surface area (Å²) < 4.78 is 39.5. The van der Waals surface area contributed by atoms with Crippen LogP contribution in [-0.4, -0.2) is 44.9 Å². The number of nitrogens with two attached hydrogens (primary N) is 1. The molecule has 0 aliphatic heterocycles. The minimum absolute atomic E-state index is 0.0151. The molecule has 5 N–H and O–H groups in total. The third kappa shape index (κ3) is 6.97. The Balaban J connectivity index is 1.61. The fourth-order valence-electron chi connectivity index (χ4n) is 3.80. The largest absolute Gasteiger partial charge is 0.416 e. The highest BCUT2D eigenvalue weighted by atomic mass is 19.4. The third-order valence-electron chi connectivity index (χ3n) is 5.58. The molecule has 0 aromatic carbocycles. The highest BCUT2D eigenvalue weighted by Gasteiger charge is 2.33. The molecule has 1 saturated carbocycles. The van der Waals surface area contributed by atoms with Crippen molar-refractivity contribution in [2.24, 2.45) is 11.7 Å². The molecule has 0 saturated heterocycles. The summed E-state index contributed by atoms with van der Waals surface area (Å²) in [4.78, 5) is 33.3. The molecule has 2 aromatic heterocycles. The van der Waals surface area contributed by atoms with Gasteiger partial charge in [0, 0.05) is 37.1 Å². The lowest BCUT2D eigenvalue weighted by Crippen LogP contribution is -2.39. The fraction of sp³-hybridized carbons (Fsp3) is 0.500. The first-order chi connectivity index (χ1) is 16.1. The van der Waals surface area contributed by atoms with Crippen molar-refractivity contribution >= 4 is 23.4 Å². The molecule has 1 aliphatic rings. The van der Waals surface area contributed by atoms with Gasteiger partial charge in [0.15, 0.2) is 0 Å².